The number of carbonyl (C=O) groups excluding carboxylic acids is 2. The fourth-order valence-electron chi connectivity index (χ4n) is 4.55. The van der Waals surface area contributed by atoms with E-state index in [1.54, 1.807) is 49.8 Å². The van der Waals surface area contributed by atoms with Crippen molar-refractivity contribution >= 4 is 28.4 Å². The summed E-state index contributed by atoms with van der Waals surface area (Å²) in [6, 6.07) is 12.7. The lowest BCUT2D eigenvalue weighted by Gasteiger charge is -2.14. The van der Waals surface area contributed by atoms with E-state index in [-0.39, 0.29) is 36.5 Å². The number of benzene rings is 2. The number of ether oxygens (including phenoxy) is 1. The number of nitrogens with zero attached hydrogens (tertiary/aromatic N) is 3. The van der Waals surface area contributed by atoms with E-state index in [1.165, 1.54) is 17.9 Å². The van der Waals surface area contributed by atoms with Crippen LogP contribution in [0, 0.1) is 6.92 Å². The Hall–Kier alpha value is -4.27. The van der Waals surface area contributed by atoms with Gasteiger partial charge in [0.15, 0.2) is 0 Å². The molecule has 2 aromatic heterocycles. The number of ketones is 1. The molecule has 1 aliphatic heterocycles. The summed E-state index contributed by atoms with van der Waals surface area (Å²) >= 11 is 0. The third-order valence-corrected chi connectivity index (χ3v) is 6.44. The second-order valence-electron chi connectivity index (χ2n) is 9.00. The first kappa shape index (κ1) is 24.4. The topological polar surface area (TPSA) is 72.4 Å². The van der Waals surface area contributed by atoms with E-state index in [2.05, 4.69) is 9.97 Å². The normalized spacial score (nSPS) is 13.2. The highest BCUT2D eigenvalue weighted by Gasteiger charge is 2.32. The predicted molar refractivity (Wildman–Crippen MR) is 132 cm³/mol. The van der Waals surface area contributed by atoms with Gasteiger partial charge in [-0.05, 0) is 53.9 Å². The maximum Gasteiger partial charge on any atom is 0.416 e. The lowest BCUT2D eigenvalue weighted by Crippen LogP contribution is -2.21. The van der Waals surface area contributed by atoms with Crippen LogP contribution in [0.25, 0.3) is 10.9 Å². The summed E-state index contributed by atoms with van der Waals surface area (Å²) in [4.78, 5) is 35.2. The minimum atomic E-state index is -4.48. The molecule has 0 bridgehead atoms. The van der Waals surface area contributed by atoms with Crippen molar-refractivity contribution < 1.29 is 27.5 Å². The highest BCUT2D eigenvalue weighted by atomic mass is 19.4. The van der Waals surface area contributed by atoms with Crippen LogP contribution in [-0.2, 0) is 35.0 Å². The highest BCUT2D eigenvalue weighted by Crippen LogP contribution is 2.38. The number of alkyl halides is 3. The van der Waals surface area contributed by atoms with Crippen molar-refractivity contribution in [1.82, 2.24) is 9.97 Å². The average Bonchev–Trinajstić information content (AvgIpc) is 3.15. The Morgan fingerprint density at radius 2 is 1.84 bits per heavy atom. The van der Waals surface area contributed by atoms with E-state index < -0.39 is 11.7 Å². The summed E-state index contributed by atoms with van der Waals surface area (Å²) in [6.07, 6.45) is -1.23. The molecule has 0 aliphatic carbocycles. The number of halogens is 3. The Labute approximate surface area is 210 Å². The maximum atomic E-state index is 13.3. The minimum Gasteiger partial charge on any atom is -0.456 e. The molecular formula is C28H22F3N3O3. The number of Topliss-reactive ketones (excluding diaryl/α,β-unsaturated/α-hetero) is 1. The van der Waals surface area contributed by atoms with E-state index in [1.807, 2.05) is 6.07 Å². The highest BCUT2D eigenvalue weighted by molar-refractivity contribution is 6.00. The number of hydrogen-bond acceptors (Lipinski definition) is 5. The summed E-state index contributed by atoms with van der Waals surface area (Å²) < 4.78 is 46.0. The molecular weight excluding hydrogens is 483 g/mol. The van der Waals surface area contributed by atoms with E-state index in [4.69, 9.17) is 4.74 Å². The van der Waals surface area contributed by atoms with Gasteiger partial charge in [-0.3, -0.25) is 19.5 Å². The van der Waals surface area contributed by atoms with E-state index >= 15 is 0 Å². The number of carbonyl (C=O) groups is 2. The molecule has 4 aromatic rings. The summed E-state index contributed by atoms with van der Waals surface area (Å²) in [5, 5.41) is 0.672. The Kier molecular flexibility index (Phi) is 6.15. The van der Waals surface area contributed by atoms with Crippen LogP contribution in [0.1, 0.15) is 27.8 Å². The molecule has 0 spiro atoms. The predicted octanol–water partition coefficient (Wildman–Crippen LogP) is 5.62. The molecule has 1 amide bonds. The van der Waals surface area contributed by atoms with Gasteiger partial charge in [-0.15, -0.1) is 0 Å². The van der Waals surface area contributed by atoms with Gasteiger partial charge < -0.3 is 4.74 Å². The Balaban J connectivity index is 1.41. The number of hydrogen-bond donors (Lipinski definition) is 0. The van der Waals surface area contributed by atoms with Crippen LogP contribution in [0.5, 0.6) is 11.5 Å². The molecule has 3 heterocycles. The lowest BCUT2D eigenvalue weighted by molar-refractivity contribution is -0.138. The SMILES string of the molecule is Cc1ccc(CC(=O)Cc2ccc(Oc3ccnc4c3CC(=O)N4C)c3cccnc23)cc1C(F)(F)F. The van der Waals surface area contributed by atoms with E-state index in [0.717, 1.165) is 6.07 Å². The fourth-order valence-corrected chi connectivity index (χ4v) is 4.55. The summed E-state index contributed by atoms with van der Waals surface area (Å²) in [5.74, 6) is 1.26. The van der Waals surface area contributed by atoms with Crippen molar-refractivity contribution in [3.8, 4) is 11.5 Å². The number of likely N-dealkylation sites (N-methyl/N-ethyl adjacent to an activating group) is 1. The molecule has 0 radical (unpaired) electrons. The molecule has 0 fully saturated rings. The molecule has 0 saturated heterocycles. The number of amides is 1. The molecule has 0 unspecified atom stereocenters. The minimum absolute atomic E-state index is 0.00692. The number of rotatable bonds is 6. The van der Waals surface area contributed by atoms with Crippen molar-refractivity contribution in [3.05, 3.63) is 88.7 Å². The number of fused-ring (bicyclic) bond motifs is 2. The Morgan fingerprint density at radius 3 is 2.62 bits per heavy atom. The quantitative estimate of drug-likeness (QED) is 0.340. The zero-order valence-electron chi connectivity index (χ0n) is 20.1. The fraction of sp³-hybridized carbons (Fsp3) is 0.214. The largest absolute Gasteiger partial charge is 0.456 e. The van der Waals surface area contributed by atoms with Gasteiger partial charge in [0.05, 0.1) is 17.5 Å². The molecule has 0 saturated carbocycles. The van der Waals surface area contributed by atoms with Crippen LogP contribution in [0.2, 0.25) is 0 Å². The first-order valence-corrected chi connectivity index (χ1v) is 11.6. The smallest absolute Gasteiger partial charge is 0.416 e. The number of aryl methyl sites for hydroxylation is 1. The molecule has 188 valence electrons. The first-order chi connectivity index (χ1) is 17.6. The Morgan fingerprint density at radius 1 is 1.03 bits per heavy atom. The third kappa shape index (κ3) is 4.76. The van der Waals surface area contributed by atoms with Crippen molar-refractivity contribution in [3.63, 3.8) is 0 Å². The standard InChI is InChI=1S/C28H22F3N3O3/c1-16-5-6-17(13-22(16)28(29,30)31)12-19(35)14-18-7-8-23(20-4-3-10-32-26(18)20)37-24-9-11-33-27-21(24)15-25(36)34(27)2/h3-11,13H,12,14-15H2,1-2H3. The average molecular weight is 505 g/mol. The monoisotopic (exact) mass is 505 g/mol. The molecule has 0 atom stereocenters. The van der Waals surface area contributed by atoms with Crippen LogP contribution in [0.4, 0.5) is 19.0 Å². The molecule has 1 aliphatic rings. The summed E-state index contributed by atoms with van der Waals surface area (Å²) in [5.41, 5.74) is 1.60. The molecule has 6 nitrogen and oxygen atoms in total. The van der Waals surface area contributed by atoms with E-state index in [0.29, 0.717) is 44.9 Å². The van der Waals surface area contributed by atoms with Gasteiger partial charge in [-0.25, -0.2) is 4.98 Å². The first-order valence-electron chi connectivity index (χ1n) is 11.6. The van der Waals surface area contributed by atoms with Crippen molar-refractivity contribution in [2.75, 3.05) is 11.9 Å². The molecule has 37 heavy (non-hydrogen) atoms. The third-order valence-electron chi connectivity index (χ3n) is 6.44. The second kappa shape index (κ2) is 9.31. The van der Waals surface area contributed by atoms with Gasteiger partial charge in [0.1, 0.15) is 23.1 Å². The van der Waals surface area contributed by atoms with Crippen molar-refractivity contribution in [2.45, 2.75) is 32.4 Å². The van der Waals surface area contributed by atoms with Crippen molar-refractivity contribution in [1.29, 1.82) is 0 Å². The van der Waals surface area contributed by atoms with Gasteiger partial charge in [0.25, 0.3) is 0 Å². The zero-order valence-corrected chi connectivity index (χ0v) is 20.1. The van der Waals surface area contributed by atoms with Crippen LogP contribution in [-0.4, -0.2) is 28.7 Å². The second-order valence-corrected chi connectivity index (χ2v) is 9.00. The lowest BCUT2D eigenvalue weighted by atomic mass is 9.97. The summed E-state index contributed by atoms with van der Waals surface area (Å²) in [6.45, 7) is 1.40. The molecule has 9 heteroatoms. The summed E-state index contributed by atoms with van der Waals surface area (Å²) in [7, 11) is 1.66. The van der Waals surface area contributed by atoms with Crippen LogP contribution >= 0.6 is 0 Å². The van der Waals surface area contributed by atoms with Crippen LogP contribution in [0.15, 0.2) is 60.9 Å². The maximum absolute atomic E-state index is 13.3. The van der Waals surface area contributed by atoms with Crippen LogP contribution in [0.3, 0.4) is 0 Å². The number of pyridine rings is 2. The molecule has 5 rings (SSSR count). The number of aromatic nitrogens is 2. The van der Waals surface area contributed by atoms with Gasteiger partial charge >= 0.3 is 6.18 Å². The molecule has 2 aromatic carbocycles. The van der Waals surface area contributed by atoms with E-state index in [9.17, 15) is 22.8 Å². The zero-order chi connectivity index (χ0) is 26.3. The Bertz CT molecular complexity index is 1550. The van der Waals surface area contributed by atoms with Gasteiger partial charge in [-0.2, -0.15) is 13.2 Å². The van der Waals surface area contributed by atoms with Gasteiger partial charge in [-0.1, -0.05) is 18.2 Å². The van der Waals surface area contributed by atoms with Gasteiger partial charge in [0.2, 0.25) is 5.91 Å². The molecule has 0 N–H and O–H groups in total. The number of anilines is 1. The van der Waals surface area contributed by atoms with Crippen LogP contribution < -0.4 is 9.64 Å². The van der Waals surface area contributed by atoms with Crippen molar-refractivity contribution in [2.24, 2.45) is 0 Å². The van der Waals surface area contributed by atoms with Gasteiger partial charge in [0, 0.05) is 43.2 Å².